The highest BCUT2D eigenvalue weighted by atomic mass is 16.5. The normalized spacial score (nSPS) is 25.6. The maximum absolute atomic E-state index is 9.18. The monoisotopic (exact) mass is 272 g/mol. The van der Waals surface area contributed by atoms with E-state index < -0.39 is 5.54 Å². The molecule has 0 radical (unpaired) electrons. The number of rotatable bonds is 5. The lowest BCUT2D eigenvalue weighted by atomic mass is 9.87. The molecule has 20 heavy (non-hydrogen) atoms. The first-order chi connectivity index (χ1) is 9.55. The summed E-state index contributed by atoms with van der Waals surface area (Å²) in [5, 5.41) is 9.18. The second-order valence-corrected chi connectivity index (χ2v) is 6.10. The van der Waals surface area contributed by atoms with E-state index in [9.17, 15) is 5.26 Å². The minimum Gasteiger partial charge on any atom is -0.494 e. The van der Waals surface area contributed by atoms with Crippen molar-refractivity contribution >= 4 is 0 Å². The van der Waals surface area contributed by atoms with Crippen LogP contribution < -0.4 is 10.5 Å². The summed E-state index contributed by atoms with van der Waals surface area (Å²) in [5.41, 5.74) is 6.80. The van der Waals surface area contributed by atoms with Crippen molar-refractivity contribution in [3.63, 3.8) is 0 Å². The van der Waals surface area contributed by atoms with Gasteiger partial charge in [0.25, 0.3) is 0 Å². The third kappa shape index (κ3) is 3.32. The molecule has 2 unspecified atom stereocenters. The summed E-state index contributed by atoms with van der Waals surface area (Å²) < 4.78 is 5.78. The molecule has 2 N–H and O–H groups in total. The van der Waals surface area contributed by atoms with E-state index in [-0.39, 0.29) is 5.92 Å². The zero-order chi connectivity index (χ0) is 14.6. The van der Waals surface area contributed by atoms with Gasteiger partial charge in [-0.2, -0.15) is 5.26 Å². The van der Waals surface area contributed by atoms with Crippen molar-refractivity contribution in [1.82, 2.24) is 0 Å². The standard InChI is InChI=1S/C17H24N2O/c1-13(2)14-5-7-16(8-6-14)20-11-9-15-4-3-10-17(15,19)12-18/h5-8,13,15H,3-4,9-11,19H2,1-2H3. The fraction of sp³-hybridized carbons (Fsp3) is 0.588. The van der Waals surface area contributed by atoms with Gasteiger partial charge in [0, 0.05) is 0 Å². The van der Waals surface area contributed by atoms with Gasteiger partial charge in [0.05, 0.1) is 12.7 Å². The highest BCUT2D eigenvalue weighted by Gasteiger charge is 2.39. The highest BCUT2D eigenvalue weighted by Crippen LogP contribution is 2.35. The highest BCUT2D eigenvalue weighted by molar-refractivity contribution is 5.28. The van der Waals surface area contributed by atoms with Crippen LogP contribution in [0.25, 0.3) is 0 Å². The van der Waals surface area contributed by atoms with E-state index in [4.69, 9.17) is 10.5 Å². The Kier molecular flexibility index (Phi) is 4.67. The van der Waals surface area contributed by atoms with Crippen LogP contribution in [0.4, 0.5) is 0 Å². The number of hydrogen-bond acceptors (Lipinski definition) is 3. The molecule has 2 atom stereocenters. The van der Waals surface area contributed by atoms with Crippen molar-refractivity contribution in [2.45, 2.75) is 51.0 Å². The van der Waals surface area contributed by atoms with Crippen LogP contribution in [0, 0.1) is 17.2 Å². The number of benzene rings is 1. The molecule has 1 fully saturated rings. The number of nitriles is 1. The maximum Gasteiger partial charge on any atom is 0.119 e. The van der Waals surface area contributed by atoms with Gasteiger partial charge >= 0.3 is 0 Å². The quantitative estimate of drug-likeness (QED) is 0.891. The molecule has 0 aliphatic heterocycles. The van der Waals surface area contributed by atoms with E-state index in [1.165, 1.54) is 5.56 Å². The Morgan fingerprint density at radius 3 is 2.70 bits per heavy atom. The van der Waals surface area contributed by atoms with Gasteiger partial charge in [0.2, 0.25) is 0 Å². The third-order valence-electron chi connectivity index (χ3n) is 4.36. The second kappa shape index (κ2) is 6.28. The molecule has 1 saturated carbocycles. The minimum absolute atomic E-state index is 0.266. The van der Waals surface area contributed by atoms with Crippen LogP contribution in [0.1, 0.15) is 51.0 Å². The molecule has 1 aliphatic rings. The number of ether oxygens (including phenoxy) is 1. The lowest BCUT2D eigenvalue weighted by Crippen LogP contribution is -2.42. The van der Waals surface area contributed by atoms with E-state index in [2.05, 4.69) is 32.0 Å². The Bertz CT molecular complexity index is 475. The molecular formula is C17H24N2O. The lowest BCUT2D eigenvalue weighted by molar-refractivity contribution is 0.254. The molecule has 1 aliphatic carbocycles. The topological polar surface area (TPSA) is 59.0 Å². The van der Waals surface area contributed by atoms with Crippen molar-refractivity contribution < 1.29 is 4.74 Å². The van der Waals surface area contributed by atoms with E-state index >= 15 is 0 Å². The molecule has 0 saturated heterocycles. The van der Waals surface area contributed by atoms with Gasteiger partial charge in [-0.15, -0.1) is 0 Å². The molecule has 1 aromatic rings. The predicted octanol–water partition coefficient (Wildman–Crippen LogP) is 3.60. The van der Waals surface area contributed by atoms with Crippen LogP contribution in [-0.2, 0) is 0 Å². The number of nitrogens with zero attached hydrogens (tertiary/aromatic N) is 1. The molecule has 3 nitrogen and oxygen atoms in total. The predicted molar refractivity (Wildman–Crippen MR) is 80.5 cm³/mol. The summed E-state index contributed by atoms with van der Waals surface area (Å²) >= 11 is 0. The Hall–Kier alpha value is -1.53. The minimum atomic E-state index is -0.634. The second-order valence-electron chi connectivity index (χ2n) is 6.10. The van der Waals surface area contributed by atoms with Crippen molar-refractivity contribution in [3.05, 3.63) is 29.8 Å². The first-order valence-corrected chi connectivity index (χ1v) is 7.48. The first-order valence-electron chi connectivity index (χ1n) is 7.48. The third-order valence-corrected chi connectivity index (χ3v) is 4.36. The van der Waals surface area contributed by atoms with Crippen molar-refractivity contribution in [2.24, 2.45) is 11.7 Å². The van der Waals surface area contributed by atoms with Crippen molar-refractivity contribution in [3.8, 4) is 11.8 Å². The van der Waals surface area contributed by atoms with Gasteiger partial charge in [-0.3, -0.25) is 0 Å². The SMILES string of the molecule is CC(C)c1ccc(OCCC2CCCC2(N)C#N)cc1. The van der Waals surface area contributed by atoms with Crippen LogP contribution in [0.3, 0.4) is 0 Å². The molecule has 0 bridgehead atoms. The summed E-state index contributed by atoms with van der Waals surface area (Å²) in [6.45, 7) is 4.99. The van der Waals surface area contributed by atoms with Crippen molar-refractivity contribution in [1.29, 1.82) is 5.26 Å². The maximum atomic E-state index is 9.18. The van der Waals surface area contributed by atoms with Crippen LogP contribution in [0.5, 0.6) is 5.75 Å². The first kappa shape index (κ1) is 14.9. The van der Waals surface area contributed by atoms with Gasteiger partial charge in [-0.05, 0) is 48.8 Å². The summed E-state index contributed by atoms with van der Waals surface area (Å²) in [5.74, 6) is 1.70. The summed E-state index contributed by atoms with van der Waals surface area (Å²) in [6, 6.07) is 10.5. The van der Waals surface area contributed by atoms with Crippen molar-refractivity contribution in [2.75, 3.05) is 6.61 Å². The molecule has 0 aromatic heterocycles. The average Bonchev–Trinajstić information content (AvgIpc) is 2.82. The molecule has 1 aromatic carbocycles. The van der Waals surface area contributed by atoms with Gasteiger partial charge in [-0.1, -0.05) is 32.4 Å². The van der Waals surface area contributed by atoms with E-state index in [1.807, 2.05) is 12.1 Å². The summed E-state index contributed by atoms with van der Waals surface area (Å²) in [6.07, 6.45) is 3.77. The molecule has 0 amide bonds. The Morgan fingerprint density at radius 1 is 1.40 bits per heavy atom. The Morgan fingerprint density at radius 2 is 2.10 bits per heavy atom. The van der Waals surface area contributed by atoms with E-state index in [1.54, 1.807) is 0 Å². The van der Waals surface area contributed by atoms with Crippen LogP contribution in [0.15, 0.2) is 24.3 Å². The summed E-state index contributed by atoms with van der Waals surface area (Å²) in [7, 11) is 0. The van der Waals surface area contributed by atoms with E-state index in [0.29, 0.717) is 12.5 Å². The van der Waals surface area contributed by atoms with Gasteiger partial charge in [0.1, 0.15) is 11.3 Å². The van der Waals surface area contributed by atoms with Gasteiger partial charge < -0.3 is 10.5 Å². The molecule has 108 valence electrons. The largest absolute Gasteiger partial charge is 0.494 e. The van der Waals surface area contributed by atoms with Crippen LogP contribution in [-0.4, -0.2) is 12.1 Å². The number of nitrogens with two attached hydrogens (primary N) is 1. The molecular weight excluding hydrogens is 248 g/mol. The van der Waals surface area contributed by atoms with Gasteiger partial charge in [-0.25, -0.2) is 0 Å². The molecule has 0 spiro atoms. The van der Waals surface area contributed by atoms with Gasteiger partial charge in [0.15, 0.2) is 0 Å². The molecule has 3 heteroatoms. The Balaban J connectivity index is 1.83. The van der Waals surface area contributed by atoms with Crippen LogP contribution in [0.2, 0.25) is 0 Å². The average molecular weight is 272 g/mol. The number of hydrogen-bond donors (Lipinski definition) is 1. The molecule has 2 rings (SSSR count). The zero-order valence-corrected chi connectivity index (χ0v) is 12.4. The fourth-order valence-corrected chi connectivity index (χ4v) is 2.92. The van der Waals surface area contributed by atoms with E-state index in [0.717, 1.165) is 31.4 Å². The Labute approximate surface area is 121 Å². The molecule has 0 heterocycles. The summed E-state index contributed by atoms with van der Waals surface area (Å²) in [4.78, 5) is 0. The zero-order valence-electron chi connectivity index (χ0n) is 12.4. The lowest BCUT2D eigenvalue weighted by Gasteiger charge is -2.23. The van der Waals surface area contributed by atoms with Crippen LogP contribution >= 0.6 is 0 Å². The fourth-order valence-electron chi connectivity index (χ4n) is 2.92. The smallest absolute Gasteiger partial charge is 0.119 e.